The molecule has 0 bridgehead atoms. The van der Waals surface area contributed by atoms with E-state index in [1.807, 2.05) is 11.0 Å². The Labute approximate surface area is 173 Å². The van der Waals surface area contributed by atoms with Crippen molar-refractivity contribution in [2.24, 2.45) is 0 Å². The smallest absolute Gasteiger partial charge is 0.222 e. The van der Waals surface area contributed by atoms with E-state index in [-0.39, 0.29) is 5.91 Å². The minimum Gasteiger partial charge on any atom is -0.355 e. The van der Waals surface area contributed by atoms with Crippen LogP contribution in [0.2, 0.25) is 0 Å². The van der Waals surface area contributed by atoms with Crippen molar-refractivity contribution in [2.75, 3.05) is 49.1 Å². The standard InChI is InChI=1S/C23H31N5O/c29-23(11-7-10-20-8-3-1-4-9-20)28-18-16-27(17-19-28)22-13-12-21(24-25-22)26-14-5-2-6-15-26/h1,3-4,8-9,12-13H,2,5-7,10-11,14-19H2. The maximum absolute atomic E-state index is 12.5. The van der Waals surface area contributed by atoms with Gasteiger partial charge in [0.2, 0.25) is 5.91 Å². The number of rotatable bonds is 6. The summed E-state index contributed by atoms with van der Waals surface area (Å²) in [5.41, 5.74) is 1.30. The molecule has 4 rings (SSSR count). The van der Waals surface area contributed by atoms with Crippen molar-refractivity contribution in [3.8, 4) is 0 Å². The maximum atomic E-state index is 12.5. The van der Waals surface area contributed by atoms with E-state index in [1.165, 1.54) is 24.8 Å². The number of aromatic nitrogens is 2. The molecule has 2 aliphatic heterocycles. The summed E-state index contributed by atoms with van der Waals surface area (Å²) in [6.45, 7) is 5.34. The molecule has 1 amide bonds. The maximum Gasteiger partial charge on any atom is 0.222 e. The van der Waals surface area contributed by atoms with E-state index in [9.17, 15) is 4.79 Å². The Kier molecular flexibility index (Phi) is 6.60. The molecule has 2 aromatic rings. The first-order valence-electron chi connectivity index (χ1n) is 10.9. The first-order valence-corrected chi connectivity index (χ1v) is 10.9. The first kappa shape index (κ1) is 19.7. The van der Waals surface area contributed by atoms with Gasteiger partial charge in [-0.3, -0.25) is 4.79 Å². The molecular formula is C23H31N5O. The lowest BCUT2D eigenvalue weighted by Gasteiger charge is -2.35. The number of carbonyl (C=O) groups excluding carboxylic acids is 1. The van der Waals surface area contributed by atoms with Gasteiger partial charge in [0.1, 0.15) is 0 Å². The van der Waals surface area contributed by atoms with E-state index >= 15 is 0 Å². The number of hydrogen-bond acceptors (Lipinski definition) is 5. The van der Waals surface area contributed by atoms with Gasteiger partial charge in [-0.15, -0.1) is 10.2 Å². The van der Waals surface area contributed by atoms with E-state index in [0.29, 0.717) is 6.42 Å². The van der Waals surface area contributed by atoms with E-state index < -0.39 is 0 Å². The highest BCUT2D eigenvalue weighted by Gasteiger charge is 2.22. The zero-order valence-electron chi connectivity index (χ0n) is 17.2. The van der Waals surface area contributed by atoms with Crippen molar-refractivity contribution >= 4 is 17.5 Å². The Morgan fingerprint density at radius 2 is 1.38 bits per heavy atom. The van der Waals surface area contributed by atoms with Crippen LogP contribution < -0.4 is 9.80 Å². The number of amides is 1. The topological polar surface area (TPSA) is 52.6 Å². The highest BCUT2D eigenvalue weighted by molar-refractivity contribution is 5.76. The Morgan fingerprint density at radius 1 is 0.759 bits per heavy atom. The molecule has 1 aromatic carbocycles. The molecule has 154 valence electrons. The molecule has 2 fully saturated rings. The molecule has 29 heavy (non-hydrogen) atoms. The molecule has 0 atom stereocenters. The molecule has 0 spiro atoms. The average molecular weight is 394 g/mol. The highest BCUT2D eigenvalue weighted by atomic mass is 16.2. The van der Waals surface area contributed by atoms with Crippen LogP contribution >= 0.6 is 0 Å². The second-order valence-electron chi connectivity index (χ2n) is 8.00. The number of piperazine rings is 1. The van der Waals surface area contributed by atoms with Crippen molar-refractivity contribution in [1.82, 2.24) is 15.1 Å². The minimum absolute atomic E-state index is 0.270. The fourth-order valence-electron chi connectivity index (χ4n) is 4.21. The molecule has 0 N–H and O–H groups in total. The number of benzene rings is 1. The quantitative estimate of drug-likeness (QED) is 0.755. The molecule has 3 heterocycles. The van der Waals surface area contributed by atoms with Crippen molar-refractivity contribution < 1.29 is 4.79 Å². The Bertz CT molecular complexity index is 766. The monoisotopic (exact) mass is 393 g/mol. The number of piperidine rings is 1. The lowest BCUT2D eigenvalue weighted by atomic mass is 10.1. The summed E-state index contributed by atoms with van der Waals surface area (Å²) in [5.74, 6) is 2.18. The number of aryl methyl sites for hydroxylation is 1. The van der Waals surface area contributed by atoms with Crippen LogP contribution in [-0.4, -0.2) is 60.3 Å². The Morgan fingerprint density at radius 3 is 2.00 bits per heavy atom. The first-order chi connectivity index (χ1) is 14.3. The normalized spacial score (nSPS) is 17.4. The predicted octanol–water partition coefficient (Wildman–Crippen LogP) is 3.14. The van der Waals surface area contributed by atoms with Crippen molar-refractivity contribution in [1.29, 1.82) is 0 Å². The lowest BCUT2D eigenvalue weighted by molar-refractivity contribution is -0.131. The molecular weight excluding hydrogens is 362 g/mol. The predicted molar refractivity (Wildman–Crippen MR) is 116 cm³/mol. The zero-order valence-corrected chi connectivity index (χ0v) is 17.2. The highest BCUT2D eigenvalue weighted by Crippen LogP contribution is 2.20. The third-order valence-corrected chi connectivity index (χ3v) is 5.97. The summed E-state index contributed by atoms with van der Waals surface area (Å²) < 4.78 is 0. The number of nitrogens with zero attached hydrogens (tertiary/aromatic N) is 5. The fraction of sp³-hybridized carbons (Fsp3) is 0.522. The van der Waals surface area contributed by atoms with Gasteiger partial charge < -0.3 is 14.7 Å². The van der Waals surface area contributed by atoms with E-state index in [4.69, 9.17) is 0 Å². The molecule has 0 unspecified atom stereocenters. The summed E-state index contributed by atoms with van der Waals surface area (Å²) in [7, 11) is 0. The van der Waals surface area contributed by atoms with Crippen molar-refractivity contribution in [3.05, 3.63) is 48.0 Å². The molecule has 2 aliphatic rings. The average Bonchev–Trinajstić information content (AvgIpc) is 2.80. The second-order valence-corrected chi connectivity index (χ2v) is 8.00. The van der Waals surface area contributed by atoms with Gasteiger partial charge in [-0.25, -0.2) is 0 Å². The van der Waals surface area contributed by atoms with Crippen LogP contribution in [0, 0.1) is 0 Å². The molecule has 6 nitrogen and oxygen atoms in total. The molecule has 0 radical (unpaired) electrons. The molecule has 0 aliphatic carbocycles. The van der Waals surface area contributed by atoms with Gasteiger partial charge in [-0.05, 0) is 49.8 Å². The summed E-state index contributed by atoms with van der Waals surface area (Å²) in [6, 6.07) is 14.6. The van der Waals surface area contributed by atoms with Crippen LogP contribution in [0.25, 0.3) is 0 Å². The van der Waals surface area contributed by atoms with Crippen LogP contribution in [-0.2, 0) is 11.2 Å². The zero-order chi connectivity index (χ0) is 19.9. The lowest BCUT2D eigenvalue weighted by Crippen LogP contribution is -2.49. The SMILES string of the molecule is O=C(CCCc1ccccc1)N1CCN(c2ccc(N3CCCCC3)nn2)CC1. The van der Waals surface area contributed by atoms with Gasteiger partial charge in [0.05, 0.1) is 0 Å². The van der Waals surface area contributed by atoms with Crippen LogP contribution in [0.15, 0.2) is 42.5 Å². The van der Waals surface area contributed by atoms with E-state index in [2.05, 4.69) is 56.4 Å². The molecule has 6 heteroatoms. The van der Waals surface area contributed by atoms with Crippen LogP contribution in [0.1, 0.15) is 37.7 Å². The number of anilines is 2. The van der Waals surface area contributed by atoms with Gasteiger partial charge in [-0.1, -0.05) is 30.3 Å². The molecule has 1 aromatic heterocycles. The van der Waals surface area contributed by atoms with E-state index in [0.717, 1.165) is 63.7 Å². The van der Waals surface area contributed by atoms with Crippen LogP contribution in [0.3, 0.4) is 0 Å². The number of hydrogen-bond donors (Lipinski definition) is 0. The molecule has 0 saturated carbocycles. The van der Waals surface area contributed by atoms with Gasteiger partial charge in [0.15, 0.2) is 11.6 Å². The minimum atomic E-state index is 0.270. The van der Waals surface area contributed by atoms with Gasteiger partial charge in [0, 0.05) is 45.7 Å². The third-order valence-electron chi connectivity index (χ3n) is 5.97. The molecule has 2 saturated heterocycles. The van der Waals surface area contributed by atoms with Crippen molar-refractivity contribution in [2.45, 2.75) is 38.5 Å². The third kappa shape index (κ3) is 5.25. The second kappa shape index (κ2) is 9.72. The summed E-state index contributed by atoms with van der Waals surface area (Å²) >= 11 is 0. The number of carbonyl (C=O) groups is 1. The Balaban J connectivity index is 1.22. The van der Waals surface area contributed by atoms with E-state index in [1.54, 1.807) is 0 Å². The van der Waals surface area contributed by atoms with Gasteiger partial charge in [-0.2, -0.15) is 0 Å². The van der Waals surface area contributed by atoms with Crippen LogP contribution in [0.5, 0.6) is 0 Å². The van der Waals surface area contributed by atoms with Crippen LogP contribution in [0.4, 0.5) is 11.6 Å². The van der Waals surface area contributed by atoms with Crippen molar-refractivity contribution in [3.63, 3.8) is 0 Å². The largest absolute Gasteiger partial charge is 0.355 e. The fourth-order valence-corrected chi connectivity index (χ4v) is 4.21. The summed E-state index contributed by atoms with van der Waals surface area (Å²) in [5, 5.41) is 8.92. The summed E-state index contributed by atoms with van der Waals surface area (Å²) in [6.07, 6.45) is 6.30. The van der Waals surface area contributed by atoms with Gasteiger partial charge >= 0.3 is 0 Å². The summed E-state index contributed by atoms with van der Waals surface area (Å²) in [4.78, 5) is 19.1. The Hall–Kier alpha value is -2.63. The van der Waals surface area contributed by atoms with Gasteiger partial charge in [0.25, 0.3) is 0 Å².